The average molecular weight is 216 g/mol. The molecule has 78 valence electrons. The molecule has 0 heterocycles. The molecular weight excluding hydrogens is 202 g/mol. The van der Waals surface area contributed by atoms with E-state index >= 15 is 0 Å². The molecule has 4 N–H and O–H groups in total. The summed E-state index contributed by atoms with van der Waals surface area (Å²) in [7, 11) is 0. The van der Waals surface area contributed by atoms with E-state index in [2.05, 4.69) is 0 Å². The lowest BCUT2D eigenvalue weighted by Crippen LogP contribution is -2.25. The Morgan fingerprint density at radius 2 is 2.14 bits per heavy atom. The van der Waals surface area contributed by atoms with Crippen molar-refractivity contribution in [1.29, 1.82) is 0 Å². The van der Waals surface area contributed by atoms with E-state index in [4.69, 9.17) is 17.3 Å². The molecule has 1 aromatic carbocycles. The molecule has 0 radical (unpaired) electrons. The molecule has 14 heavy (non-hydrogen) atoms. The number of nitrogens with two attached hydrogens (primary N) is 1. The highest BCUT2D eigenvalue weighted by molar-refractivity contribution is 6.32. The third-order valence-electron chi connectivity index (χ3n) is 2.19. The number of phenols is 1. The zero-order valence-corrected chi connectivity index (χ0v) is 8.70. The summed E-state index contributed by atoms with van der Waals surface area (Å²) in [5.41, 5.74) is 6.50. The van der Waals surface area contributed by atoms with Crippen LogP contribution >= 0.6 is 11.6 Å². The Labute approximate surface area is 88.1 Å². The van der Waals surface area contributed by atoms with Crippen molar-refractivity contribution in [2.75, 3.05) is 0 Å². The second-order valence-corrected chi connectivity index (χ2v) is 3.62. The third-order valence-corrected chi connectivity index (χ3v) is 2.49. The summed E-state index contributed by atoms with van der Waals surface area (Å²) in [5.74, 6) is 0.0219. The second kappa shape index (κ2) is 4.64. The van der Waals surface area contributed by atoms with E-state index in [0.29, 0.717) is 6.42 Å². The Bertz CT molecular complexity index is 317. The Morgan fingerprint density at radius 1 is 1.50 bits per heavy atom. The number of aliphatic hydroxyl groups excluding tert-OH is 1. The number of halogens is 1. The maximum absolute atomic E-state index is 9.51. The number of aliphatic hydroxyl groups is 1. The van der Waals surface area contributed by atoms with Crippen molar-refractivity contribution in [3.8, 4) is 5.75 Å². The minimum absolute atomic E-state index is 0.0219. The SMILES string of the molecule is CC[C@@H](O)[C@@H](N)c1ccc(O)c(Cl)c1. The molecule has 0 spiro atoms. The number of hydrogen-bond donors (Lipinski definition) is 3. The molecule has 3 nitrogen and oxygen atoms in total. The zero-order chi connectivity index (χ0) is 10.7. The number of aromatic hydroxyl groups is 1. The Morgan fingerprint density at radius 3 is 2.64 bits per heavy atom. The lowest BCUT2D eigenvalue weighted by molar-refractivity contribution is 0.140. The Kier molecular flexibility index (Phi) is 3.75. The van der Waals surface area contributed by atoms with Gasteiger partial charge in [0.15, 0.2) is 0 Å². The van der Waals surface area contributed by atoms with Crippen molar-refractivity contribution in [2.45, 2.75) is 25.5 Å². The lowest BCUT2D eigenvalue weighted by atomic mass is 10.0. The number of benzene rings is 1. The smallest absolute Gasteiger partial charge is 0.134 e. The predicted octanol–water partition coefficient (Wildman–Crippen LogP) is 1.82. The number of rotatable bonds is 3. The maximum Gasteiger partial charge on any atom is 0.134 e. The van der Waals surface area contributed by atoms with Gasteiger partial charge >= 0.3 is 0 Å². The summed E-state index contributed by atoms with van der Waals surface area (Å²) >= 11 is 5.72. The van der Waals surface area contributed by atoms with Crippen molar-refractivity contribution < 1.29 is 10.2 Å². The topological polar surface area (TPSA) is 66.5 Å². The first kappa shape index (κ1) is 11.3. The van der Waals surface area contributed by atoms with Crippen LogP contribution in [0.25, 0.3) is 0 Å². The molecule has 0 fully saturated rings. The van der Waals surface area contributed by atoms with E-state index in [-0.39, 0.29) is 10.8 Å². The fourth-order valence-corrected chi connectivity index (χ4v) is 1.40. The van der Waals surface area contributed by atoms with Crippen molar-refractivity contribution >= 4 is 11.6 Å². The fraction of sp³-hybridized carbons (Fsp3) is 0.400. The van der Waals surface area contributed by atoms with Crippen LogP contribution < -0.4 is 5.73 Å². The number of hydrogen-bond acceptors (Lipinski definition) is 3. The van der Waals surface area contributed by atoms with Crippen LogP contribution in [0.5, 0.6) is 5.75 Å². The molecular formula is C10H14ClNO2. The zero-order valence-electron chi connectivity index (χ0n) is 7.94. The van der Waals surface area contributed by atoms with Gasteiger partial charge < -0.3 is 15.9 Å². The van der Waals surface area contributed by atoms with Gasteiger partial charge in [-0.2, -0.15) is 0 Å². The van der Waals surface area contributed by atoms with Gasteiger partial charge in [0.05, 0.1) is 17.2 Å². The first-order valence-electron chi connectivity index (χ1n) is 4.48. The van der Waals surface area contributed by atoms with Gasteiger partial charge in [0, 0.05) is 0 Å². The summed E-state index contributed by atoms with van der Waals surface area (Å²) in [6.07, 6.45) is -0.00440. The molecule has 0 amide bonds. The largest absolute Gasteiger partial charge is 0.506 e. The Balaban J connectivity index is 2.91. The predicted molar refractivity (Wildman–Crippen MR) is 56.3 cm³/mol. The van der Waals surface area contributed by atoms with E-state index in [0.717, 1.165) is 5.56 Å². The standard InChI is InChI=1S/C10H14ClNO2/c1-2-8(13)10(12)6-3-4-9(14)7(11)5-6/h3-5,8,10,13-14H,2,12H2,1H3/t8-,10+/m1/s1. The summed E-state index contributed by atoms with van der Waals surface area (Å²) < 4.78 is 0. The van der Waals surface area contributed by atoms with Crippen LogP contribution in [0.1, 0.15) is 24.9 Å². The van der Waals surface area contributed by atoms with Crippen LogP contribution in [-0.2, 0) is 0 Å². The van der Waals surface area contributed by atoms with Gasteiger partial charge in [0.2, 0.25) is 0 Å². The maximum atomic E-state index is 9.51. The van der Waals surface area contributed by atoms with Crippen LogP contribution in [0.2, 0.25) is 5.02 Å². The Hall–Kier alpha value is -0.770. The lowest BCUT2D eigenvalue weighted by Gasteiger charge is -2.17. The molecule has 0 aliphatic carbocycles. The van der Waals surface area contributed by atoms with E-state index in [1.54, 1.807) is 12.1 Å². The summed E-state index contributed by atoms with van der Waals surface area (Å²) in [6.45, 7) is 1.85. The molecule has 0 aliphatic rings. The van der Waals surface area contributed by atoms with Crippen molar-refractivity contribution in [3.05, 3.63) is 28.8 Å². The molecule has 0 unspecified atom stereocenters. The van der Waals surface area contributed by atoms with Gasteiger partial charge in [-0.05, 0) is 24.1 Å². The molecule has 4 heteroatoms. The number of phenolic OH excluding ortho intramolecular Hbond substituents is 1. The monoisotopic (exact) mass is 215 g/mol. The molecule has 0 saturated heterocycles. The molecule has 1 aromatic rings. The highest BCUT2D eigenvalue weighted by atomic mass is 35.5. The van der Waals surface area contributed by atoms with Crippen LogP contribution in [0.15, 0.2) is 18.2 Å². The van der Waals surface area contributed by atoms with Gasteiger partial charge in [-0.1, -0.05) is 24.6 Å². The quantitative estimate of drug-likeness (QED) is 0.721. The summed E-state index contributed by atoms with van der Waals surface area (Å²) in [4.78, 5) is 0. The van der Waals surface area contributed by atoms with Gasteiger partial charge in [0.25, 0.3) is 0 Å². The summed E-state index contributed by atoms with van der Waals surface area (Å²) in [6, 6.07) is 4.24. The molecule has 0 aliphatic heterocycles. The summed E-state index contributed by atoms with van der Waals surface area (Å²) in [5, 5.41) is 18.9. The minimum Gasteiger partial charge on any atom is -0.506 e. The van der Waals surface area contributed by atoms with Crippen molar-refractivity contribution in [3.63, 3.8) is 0 Å². The highest BCUT2D eigenvalue weighted by Gasteiger charge is 2.15. The van der Waals surface area contributed by atoms with Crippen molar-refractivity contribution in [1.82, 2.24) is 0 Å². The molecule has 1 rings (SSSR count). The molecule has 0 saturated carbocycles. The van der Waals surface area contributed by atoms with E-state index in [9.17, 15) is 10.2 Å². The third kappa shape index (κ3) is 2.38. The normalized spacial score (nSPS) is 15.1. The van der Waals surface area contributed by atoms with Gasteiger partial charge in [-0.3, -0.25) is 0 Å². The van der Waals surface area contributed by atoms with E-state index in [1.165, 1.54) is 6.07 Å². The van der Waals surface area contributed by atoms with Gasteiger partial charge in [-0.25, -0.2) is 0 Å². The molecule has 2 atom stereocenters. The first-order chi connectivity index (χ1) is 6.56. The minimum atomic E-state index is -0.587. The van der Waals surface area contributed by atoms with E-state index in [1.807, 2.05) is 6.92 Å². The fourth-order valence-electron chi connectivity index (χ4n) is 1.21. The highest BCUT2D eigenvalue weighted by Crippen LogP contribution is 2.27. The van der Waals surface area contributed by atoms with Crippen LogP contribution in [-0.4, -0.2) is 16.3 Å². The van der Waals surface area contributed by atoms with Gasteiger partial charge in [-0.15, -0.1) is 0 Å². The van der Waals surface area contributed by atoms with Crippen molar-refractivity contribution in [2.24, 2.45) is 5.73 Å². The first-order valence-corrected chi connectivity index (χ1v) is 4.86. The van der Waals surface area contributed by atoms with Crippen LogP contribution in [0, 0.1) is 0 Å². The average Bonchev–Trinajstić information content (AvgIpc) is 2.20. The molecule has 0 aromatic heterocycles. The van der Waals surface area contributed by atoms with E-state index < -0.39 is 12.1 Å². The van der Waals surface area contributed by atoms with Gasteiger partial charge in [0.1, 0.15) is 5.75 Å². The van der Waals surface area contributed by atoms with Crippen LogP contribution in [0.4, 0.5) is 0 Å². The van der Waals surface area contributed by atoms with Crippen LogP contribution in [0.3, 0.4) is 0 Å². The second-order valence-electron chi connectivity index (χ2n) is 3.21. The molecule has 0 bridgehead atoms.